The number of hydrogen-bond acceptors (Lipinski definition) is 5. The average Bonchev–Trinajstić information content (AvgIpc) is 3.09. The molecule has 0 saturated heterocycles. The highest BCUT2D eigenvalue weighted by molar-refractivity contribution is 5.66. The Morgan fingerprint density at radius 2 is 2.03 bits per heavy atom. The van der Waals surface area contributed by atoms with Gasteiger partial charge in [0.2, 0.25) is 11.6 Å². The standard InChI is InChI=1S/C20H16FN7O/c1-12(25-18-15(23-2)10-24-20(22)26-18)16-11-27-9-8-14(21)17(27)19(29)28(16)13-6-4-3-5-7-13/h3-12H,1H3,(H3,22,24,25,26)/t12-/m0/s1. The summed E-state index contributed by atoms with van der Waals surface area (Å²) >= 11 is 0. The van der Waals surface area contributed by atoms with Gasteiger partial charge < -0.3 is 15.5 Å². The third kappa shape index (κ3) is 3.17. The number of fused-ring (bicyclic) bond motifs is 1. The van der Waals surface area contributed by atoms with Crippen LogP contribution < -0.4 is 16.6 Å². The van der Waals surface area contributed by atoms with E-state index in [1.165, 1.54) is 27.4 Å². The predicted octanol–water partition coefficient (Wildman–Crippen LogP) is 3.33. The van der Waals surface area contributed by atoms with Crippen molar-refractivity contribution in [1.29, 1.82) is 0 Å². The Morgan fingerprint density at radius 3 is 2.76 bits per heavy atom. The third-order valence-corrected chi connectivity index (χ3v) is 4.52. The maximum atomic E-state index is 14.2. The molecule has 0 unspecified atom stereocenters. The van der Waals surface area contributed by atoms with E-state index >= 15 is 0 Å². The molecule has 8 nitrogen and oxygen atoms in total. The van der Waals surface area contributed by atoms with E-state index in [0.717, 1.165) is 0 Å². The number of nitrogens with zero attached hydrogens (tertiary/aromatic N) is 5. The second kappa shape index (κ2) is 7.09. The van der Waals surface area contributed by atoms with Crippen molar-refractivity contribution in [2.75, 3.05) is 11.1 Å². The Balaban J connectivity index is 1.90. The summed E-state index contributed by atoms with van der Waals surface area (Å²) in [7, 11) is 0. The van der Waals surface area contributed by atoms with Gasteiger partial charge in [-0.3, -0.25) is 9.36 Å². The van der Waals surface area contributed by atoms with E-state index in [0.29, 0.717) is 11.4 Å². The van der Waals surface area contributed by atoms with Crippen LogP contribution in [0.5, 0.6) is 0 Å². The minimum absolute atomic E-state index is 0.0236. The van der Waals surface area contributed by atoms with Crippen molar-refractivity contribution in [1.82, 2.24) is 18.9 Å². The topological polar surface area (TPSA) is 94.6 Å². The molecule has 0 aliphatic heterocycles. The summed E-state index contributed by atoms with van der Waals surface area (Å²) in [5.41, 5.74) is 6.47. The van der Waals surface area contributed by atoms with Crippen molar-refractivity contribution in [2.45, 2.75) is 13.0 Å². The van der Waals surface area contributed by atoms with Crippen LogP contribution in [0.15, 0.2) is 59.8 Å². The van der Waals surface area contributed by atoms with Gasteiger partial charge in [0, 0.05) is 24.3 Å². The zero-order valence-corrected chi connectivity index (χ0v) is 15.4. The summed E-state index contributed by atoms with van der Waals surface area (Å²) in [6.45, 7) is 9.10. The van der Waals surface area contributed by atoms with Crippen LogP contribution in [0.25, 0.3) is 16.0 Å². The van der Waals surface area contributed by atoms with E-state index in [9.17, 15) is 9.18 Å². The van der Waals surface area contributed by atoms with Gasteiger partial charge in [-0.25, -0.2) is 19.2 Å². The molecule has 0 amide bonds. The molecule has 0 aliphatic rings. The molecule has 4 aromatic rings. The van der Waals surface area contributed by atoms with Crippen LogP contribution in [0, 0.1) is 12.4 Å². The maximum absolute atomic E-state index is 14.2. The highest BCUT2D eigenvalue weighted by atomic mass is 19.1. The summed E-state index contributed by atoms with van der Waals surface area (Å²) < 4.78 is 17.1. The molecule has 1 atom stereocenters. The number of nitrogens with one attached hydrogen (secondary N) is 1. The lowest BCUT2D eigenvalue weighted by Crippen LogP contribution is -2.27. The molecule has 0 aliphatic carbocycles. The number of para-hydroxylation sites is 1. The number of nitrogen functional groups attached to an aromatic ring is 1. The van der Waals surface area contributed by atoms with Gasteiger partial charge in [-0.05, 0) is 25.1 Å². The Hall–Kier alpha value is -4.19. The summed E-state index contributed by atoms with van der Waals surface area (Å²) in [6.07, 6.45) is 4.50. The molecule has 0 fully saturated rings. The lowest BCUT2D eigenvalue weighted by atomic mass is 10.2. The van der Waals surface area contributed by atoms with E-state index < -0.39 is 17.4 Å². The minimum Gasteiger partial charge on any atom is -0.371 e. The molecule has 144 valence electrons. The van der Waals surface area contributed by atoms with Crippen LogP contribution in [0.4, 0.5) is 21.8 Å². The van der Waals surface area contributed by atoms with Crippen LogP contribution in [-0.2, 0) is 0 Å². The Morgan fingerprint density at radius 1 is 1.28 bits per heavy atom. The zero-order chi connectivity index (χ0) is 20.5. The first-order valence-electron chi connectivity index (χ1n) is 8.73. The van der Waals surface area contributed by atoms with Gasteiger partial charge in [0.25, 0.3) is 5.56 Å². The highest BCUT2D eigenvalue weighted by Crippen LogP contribution is 2.27. The lowest BCUT2D eigenvalue weighted by molar-refractivity contribution is 0.636. The quantitative estimate of drug-likeness (QED) is 0.522. The van der Waals surface area contributed by atoms with Crippen molar-refractivity contribution in [2.24, 2.45) is 0 Å². The molecular weight excluding hydrogens is 373 g/mol. The normalized spacial score (nSPS) is 11.9. The Kier molecular flexibility index (Phi) is 4.44. The summed E-state index contributed by atoms with van der Waals surface area (Å²) in [5.74, 6) is -0.313. The molecule has 3 N–H and O–H groups in total. The molecule has 1 aromatic carbocycles. The van der Waals surface area contributed by atoms with Crippen molar-refractivity contribution in [3.8, 4) is 5.69 Å². The molecule has 3 aromatic heterocycles. The lowest BCUT2D eigenvalue weighted by Gasteiger charge is -2.21. The van der Waals surface area contributed by atoms with E-state index in [1.54, 1.807) is 30.5 Å². The first-order valence-corrected chi connectivity index (χ1v) is 8.73. The van der Waals surface area contributed by atoms with Gasteiger partial charge in [0.15, 0.2) is 5.82 Å². The number of rotatable bonds is 4. The number of nitrogens with two attached hydrogens (primary N) is 1. The smallest absolute Gasteiger partial charge is 0.282 e. The van der Waals surface area contributed by atoms with Crippen LogP contribution in [0.1, 0.15) is 18.7 Å². The first-order chi connectivity index (χ1) is 14.0. The number of benzene rings is 1. The summed E-state index contributed by atoms with van der Waals surface area (Å²) in [4.78, 5) is 24.5. The van der Waals surface area contributed by atoms with Gasteiger partial charge in [0.05, 0.1) is 18.3 Å². The fraction of sp³-hybridized carbons (Fsp3) is 0.100. The van der Waals surface area contributed by atoms with E-state index in [1.807, 2.05) is 13.0 Å². The van der Waals surface area contributed by atoms with Gasteiger partial charge in [0.1, 0.15) is 11.3 Å². The number of hydrogen-bond donors (Lipinski definition) is 2. The van der Waals surface area contributed by atoms with Crippen LogP contribution in [0.3, 0.4) is 0 Å². The zero-order valence-electron chi connectivity index (χ0n) is 15.4. The fourth-order valence-corrected chi connectivity index (χ4v) is 3.17. The largest absolute Gasteiger partial charge is 0.371 e. The molecule has 29 heavy (non-hydrogen) atoms. The van der Waals surface area contributed by atoms with Crippen molar-refractivity contribution in [3.05, 3.63) is 88.3 Å². The molecule has 0 bridgehead atoms. The second-order valence-electron chi connectivity index (χ2n) is 6.39. The van der Waals surface area contributed by atoms with Gasteiger partial charge in [-0.2, -0.15) is 0 Å². The van der Waals surface area contributed by atoms with Gasteiger partial charge in [-0.1, -0.05) is 18.2 Å². The number of halogens is 1. The van der Waals surface area contributed by atoms with Crippen LogP contribution >= 0.6 is 0 Å². The monoisotopic (exact) mass is 389 g/mol. The minimum atomic E-state index is -0.592. The summed E-state index contributed by atoms with van der Waals surface area (Å²) in [5, 5.41) is 3.12. The van der Waals surface area contributed by atoms with E-state index in [2.05, 4.69) is 20.1 Å². The second-order valence-corrected chi connectivity index (χ2v) is 6.39. The average molecular weight is 389 g/mol. The van der Waals surface area contributed by atoms with Crippen molar-refractivity contribution in [3.63, 3.8) is 0 Å². The molecule has 0 spiro atoms. The van der Waals surface area contributed by atoms with Crippen molar-refractivity contribution >= 4 is 23.0 Å². The SMILES string of the molecule is [C-]#[N+]c1cnc(N)nc1N[C@@H](C)c1cn2ccc(F)c2c(=O)n1-c1ccccc1. The van der Waals surface area contributed by atoms with E-state index in [-0.39, 0.29) is 23.0 Å². The number of anilines is 2. The van der Waals surface area contributed by atoms with Gasteiger partial charge >= 0.3 is 0 Å². The first kappa shape index (κ1) is 18.2. The van der Waals surface area contributed by atoms with Crippen LogP contribution in [0.2, 0.25) is 0 Å². The van der Waals surface area contributed by atoms with E-state index in [4.69, 9.17) is 12.3 Å². The molecule has 0 radical (unpaired) electrons. The maximum Gasteiger partial charge on any atom is 0.282 e. The van der Waals surface area contributed by atoms with Gasteiger partial charge in [-0.15, -0.1) is 0 Å². The van der Waals surface area contributed by atoms with Crippen LogP contribution in [-0.4, -0.2) is 18.9 Å². The predicted molar refractivity (Wildman–Crippen MR) is 108 cm³/mol. The van der Waals surface area contributed by atoms with Crippen molar-refractivity contribution < 1.29 is 4.39 Å². The Labute approximate surface area is 164 Å². The molecule has 0 saturated carbocycles. The highest BCUT2D eigenvalue weighted by Gasteiger charge is 2.20. The third-order valence-electron chi connectivity index (χ3n) is 4.52. The fourth-order valence-electron chi connectivity index (χ4n) is 3.17. The molecule has 4 rings (SSSR count). The molecule has 3 heterocycles. The molecular formula is C20H16FN7O. The number of aromatic nitrogens is 4. The molecule has 9 heteroatoms. The summed E-state index contributed by atoms with van der Waals surface area (Å²) in [6, 6.07) is 9.74. The Bertz CT molecular complexity index is 1300.